The van der Waals surface area contributed by atoms with Crippen LogP contribution < -0.4 is 5.32 Å². The number of hydrogen-bond acceptors (Lipinski definition) is 2. The number of carbonyl (C=O) groups is 1. The summed E-state index contributed by atoms with van der Waals surface area (Å²) in [6, 6.07) is 16.9. The average molecular weight is 428 g/mol. The molecule has 4 aromatic rings. The number of nitrogens with zero attached hydrogens (tertiary/aromatic N) is 1. The summed E-state index contributed by atoms with van der Waals surface area (Å²) in [7, 11) is 0. The number of thiophene rings is 1. The number of carbonyl (C=O) groups excluding carboxylic acids is 1. The minimum atomic E-state index is -4.41. The molecule has 0 aliphatic heterocycles. The summed E-state index contributed by atoms with van der Waals surface area (Å²) < 4.78 is 41.7. The van der Waals surface area contributed by atoms with E-state index in [9.17, 15) is 18.0 Å². The van der Waals surface area contributed by atoms with Crippen molar-refractivity contribution < 1.29 is 18.0 Å². The van der Waals surface area contributed by atoms with Crippen molar-refractivity contribution in [2.45, 2.75) is 26.2 Å². The van der Waals surface area contributed by atoms with Crippen LogP contribution in [0.1, 0.15) is 32.7 Å². The molecule has 0 atom stereocenters. The first-order chi connectivity index (χ1) is 14.3. The van der Waals surface area contributed by atoms with Crippen LogP contribution in [0.4, 0.5) is 13.2 Å². The van der Waals surface area contributed by atoms with E-state index in [0.29, 0.717) is 17.8 Å². The Morgan fingerprint density at radius 1 is 1.03 bits per heavy atom. The molecule has 7 heteroatoms. The number of fused-ring (bicyclic) bond motifs is 1. The Bertz CT molecular complexity index is 1190. The van der Waals surface area contributed by atoms with Crippen LogP contribution in [0, 0.1) is 6.92 Å². The van der Waals surface area contributed by atoms with E-state index in [2.05, 4.69) is 5.32 Å². The third-order valence-corrected chi connectivity index (χ3v) is 5.78. The standard InChI is InChI=1S/C23H19F3N2OS/c1-15-5-7-16(8-6-15)14-28-19-9-10-30-21(19)12-20(28)22(29)27-13-17-3-2-4-18(11-17)23(24,25)26/h2-12H,13-14H2,1H3,(H,27,29). The highest BCUT2D eigenvalue weighted by atomic mass is 32.1. The van der Waals surface area contributed by atoms with E-state index < -0.39 is 11.7 Å². The summed E-state index contributed by atoms with van der Waals surface area (Å²) in [6.45, 7) is 2.57. The van der Waals surface area contributed by atoms with Gasteiger partial charge in [0.2, 0.25) is 0 Å². The molecule has 0 aliphatic carbocycles. The summed E-state index contributed by atoms with van der Waals surface area (Å²) >= 11 is 1.55. The van der Waals surface area contributed by atoms with Gasteiger partial charge in [0.15, 0.2) is 0 Å². The van der Waals surface area contributed by atoms with Gasteiger partial charge >= 0.3 is 6.18 Å². The molecule has 0 radical (unpaired) electrons. The predicted octanol–water partition coefficient (Wildman–Crippen LogP) is 6.01. The van der Waals surface area contributed by atoms with Gasteiger partial charge in [-0.05, 0) is 47.7 Å². The van der Waals surface area contributed by atoms with Gasteiger partial charge in [0.1, 0.15) is 5.69 Å². The lowest BCUT2D eigenvalue weighted by Gasteiger charge is -2.12. The fourth-order valence-corrected chi connectivity index (χ4v) is 4.16. The van der Waals surface area contributed by atoms with E-state index in [0.717, 1.165) is 33.5 Å². The monoisotopic (exact) mass is 428 g/mol. The van der Waals surface area contributed by atoms with Crippen LogP contribution in [0.5, 0.6) is 0 Å². The van der Waals surface area contributed by atoms with Gasteiger partial charge in [-0.2, -0.15) is 13.2 Å². The van der Waals surface area contributed by atoms with Crippen molar-refractivity contribution in [3.05, 3.63) is 94.0 Å². The van der Waals surface area contributed by atoms with E-state index in [1.807, 2.05) is 53.3 Å². The number of rotatable bonds is 5. The summed E-state index contributed by atoms with van der Waals surface area (Å²) in [5.41, 5.74) is 3.35. The molecule has 2 aromatic heterocycles. The predicted molar refractivity (Wildman–Crippen MR) is 113 cm³/mol. The fourth-order valence-electron chi connectivity index (χ4n) is 3.34. The van der Waals surface area contributed by atoms with Gasteiger partial charge in [-0.15, -0.1) is 11.3 Å². The maximum atomic E-state index is 12.9. The van der Waals surface area contributed by atoms with E-state index in [1.165, 1.54) is 6.07 Å². The average Bonchev–Trinajstić information content (AvgIpc) is 3.30. The van der Waals surface area contributed by atoms with E-state index in [4.69, 9.17) is 0 Å². The van der Waals surface area contributed by atoms with Gasteiger partial charge in [-0.25, -0.2) is 0 Å². The molecule has 1 amide bonds. The SMILES string of the molecule is Cc1ccc(Cn2c(C(=O)NCc3cccc(C(F)(F)F)c3)cc3sccc32)cc1. The fraction of sp³-hybridized carbons (Fsp3) is 0.174. The van der Waals surface area contributed by atoms with Crippen LogP contribution in [0.2, 0.25) is 0 Å². The summed E-state index contributed by atoms with van der Waals surface area (Å²) in [5.74, 6) is -0.317. The Morgan fingerprint density at radius 2 is 1.80 bits per heavy atom. The number of amides is 1. The number of halogens is 3. The number of benzene rings is 2. The number of aromatic nitrogens is 1. The van der Waals surface area contributed by atoms with Gasteiger partial charge in [-0.3, -0.25) is 4.79 Å². The van der Waals surface area contributed by atoms with E-state index >= 15 is 0 Å². The number of hydrogen-bond donors (Lipinski definition) is 1. The van der Waals surface area contributed by atoms with Gasteiger partial charge in [0.05, 0.1) is 15.8 Å². The maximum Gasteiger partial charge on any atom is 0.416 e. The van der Waals surface area contributed by atoms with Crippen molar-refractivity contribution in [3.63, 3.8) is 0 Å². The van der Waals surface area contributed by atoms with Crippen molar-refractivity contribution in [1.82, 2.24) is 9.88 Å². The molecule has 2 heterocycles. The Labute approximate surface area is 175 Å². The molecule has 0 bridgehead atoms. The topological polar surface area (TPSA) is 34.0 Å². The van der Waals surface area contributed by atoms with Crippen LogP contribution in [-0.4, -0.2) is 10.5 Å². The lowest BCUT2D eigenvalue weighted by Crippen LogP contribution is -2.25. The lowest BCUT2D eigenvalue weighted by molar-refractivity contribution is -0.137. The number of aryl methyl sites for hydroxylation is 1. The van der Waals surface area contributed by atoms with E-state index in [1.54, 1.807) is 17.4 Å². The zero-order valence-corrected chi connectivity index (χ0v) is 17.0. The Hall–Kier alpha value is -3.06. The quantitative estimate of drug-likeness (QED) is 0.415. The highest BCUT2D eigenvalue weighted by Gasteiger charge is 2.30. The lowest BCUT2D eigenvalue weighted by atomic mass is 10.1. The van der Waals surface area contributed by atoms with Crippen LogP contribution in [0.3, 0.4) is 0 Å². The number of nitrogens with one attached hydrogen (secondary N) is 1. The largest absolute Gasteiger partial charge is 0.416 e. The smallest absolute Gasteiger partial charge is 0.347 e. The van der Waals surface area contributed by atoms with Crippen molar-refractivity contribution >= 4 is 27.5 Å². The molecular formula is C23H19F3N2OS. The molecule has 2 aromatic carbocycles. The van der Waals surface area contributed by atoms with E-state index in [-0.39, 0.29) is 12.5 Å². The third kappa shape index (κ3) is 4.26. The third-order valence-electron chi connectivity index (χ3n) is 4.92. The molecule has 3 nitrogen and oxygen atoms in total. The minimum absolute atomic E-state index is 0.0200. The first-order valence-electron chi connectivity index (χ1n) is 9.38. The van der Waals surface area contributed by atoms with Gasteiger partial charge in [-0.1, -0.05) is 42.0 Å². The number of alkyl halides is 3. The van der Waals surface area contributed by atoms with Gasteiger partial charge < -0.3 is 9.88 Å². The first kappa shape index (κ1) is 20.2. The summed E-state index contributed by atoms with van der Waals surface area (Å²) in [4.78, 5) is 12.9. The summed E-state index contributed by atoms with van der Waals surface area (Å²) in [6.07, 6.45) is -4.41. The van der Waals surface area contributed by atoms with Gasteiger partial charge in [0, 0.05) is 13.1 Å². The first-order valence-corrected chi connectivity index (χ1v) is 10.3. The molecule has 1 N–H and O–H groups in total. The molecule has 154 valence electrons. The molecule has 30 heavy (non-hydrogen) atoms. The Morgan fingerprint density at radius 3 is 2.53 bits per heavy atom. The highest BCUT2D eigenvalue weighted by molar-refractivity contribution is 7.17. The molecule has 0 spiro atoms. The van der Waals surface area contributed by atoms with Crippen molar-refractivity contribution in [3.8, 4) is 0 Å². The molecule has 0 saturated heterocycles. The molecular weight excluding hydrogens is 409 g/mol. The zero-order valence-electron chi connectivity index (χ0n) is 16.2. The second kappa shape index (κ2) is 7.99. The normalized spacial score (nSPS) is 11.7. The zero-order chi connectivity index (χ0) is 21.3. The van der Waals surface area contributed by atoms with Crippen LogP contribution in [0.25, 0.3) is 10.2 Å². The van der Waals surface area contributed by atoms with Crippen molar-refractivity contribution in [1.29, 1.82) is 0 Å². The van der Waals surface area contributed by atoms with Crippen LogP contribution >= 0.6 is 11.3 Å². The second-order valence-electron chi connectivity index (χ2n) is 7.15. The highest BCUT2D eigenvalue weighted by Crippen LogP contribution is 2.30. The molecule has 4 rings (SSSR count). The van der Waals surface area contributed by atoms with Gasteiger partial charge in [0.25, 0.3) is 5.91 Å². The Kier molecular flexibility index (Phi) is 5.39. The second-order valence-corrected chi connectivity index (χ2v) is 8.10. The molecule has 0 saturated carbocycles. The van der Waals surface area contributed by atoms with Crippen molar-refractivity contribution in [2.24, 2.45) is 0 Å². The maximum absolute atomic E-state index is 12.9. The molecule has 0 aliphatic rings. The van der Waals surface area contributed by atoms with Crippen LogP contribution in [0.15, 0.2) is 66.0 Å². The minimum Gasteiger partial charge on any atom is -0.347 e. The molecule has 0 unspecified atom stereocenters. The van der Waals surface area contributed by atoms with Crippen molar-refractivity contribution in [2.75, 3.05) is 0 Å². The Balaban J connectivity index is 1.56. The van der Waals surface area contributed by atoms with Crippen LogP contribution in [-0.2, 0) is 19.3 Å². The summed E-state index contributed by atoms with van der Waals surface area (Å²) in [5, 5.41) is 4.73. The molecule has 0 fully saturated rings.